The van der Waals surface area contributed by atoms with Crippen LogP contribution in [0.5, 0.6) is 5.75 Å². The molecular formula is C25H28N2O4. The van der Waals surface area contributed by atoms with E-state index in [0.29, 0.717) is 35.8 Å². The van der Waals surface area contributed by atoms with Gasteiger partial charge in [0, 0.05) is 19.7 Å². The van der Waals surface area contributed by atoms with Gasteiger partial charge in [-0.1, -0.05) is 35.9 Å². The Balaban J connectivity index is 1.85. The molecule has 0 bridgehead atoms. The molecule has 1 atom stereocenters. The van der Waals surface area contributed by atoms with Crippen molar-refractivity contribution in [3.05, 3.63) is 64.9 Å². The Hall–Kier alpha value is -3.12. The number of methoxy groups -OCH3 is 1. The van der Waals surface area contributed by atoms with Crippen molar-refractivity contribution in [2.24, 2.45) is 5.92 Å². The number of aryl methyl sites for hydroxylation is 2. The fourth-order valence-corrected chi connectivity index (χ4v) is 4.40. The minimum absolute atomic E-state index is 0.0706. The minimum Gasteiger partial charge on any atom is -0.495 e. The van der Waals surface area contributed by atoms with Gasteiger partial charge in [0.25, 0.3) is 11.8 Å². The van der Waals surface area contributed by atoms with E-state index in [-0.39, 0.29) is 24.3 Å². The Morgan fingerprint density at radius 1 is 1.03 bits per heavy atom. The van der Waals surface area contributed by atoms with Crippen LogP contribution >= 0.6 is 0 Å². The van der Waals surface area contributed by atoms with E-state index in [4.69, 9.17) is 4.74 Å². The molecule has 2 heterocycles. The first-order chi connectivity index (χ1) is 14.9. The Kier molecular flexibility index (Phi) is 5.83. The lowest BCUT2D eigenvalue weighted by atomic mass is 9.96. The number of aliphatic hydroxyl groups excluding tert-OH is 1. The zero-order valence-electron chi connectivity index (χ0n) is 18.2. The highest BCUT2D eigenvalue weighted by molar-refractivity contribution is 6.45. The van der Waals surface area contributed by atoms with Crippen LogP contribution in [0.25, 0.3) is 5.57 Å². The number of likely N-dealkylation sites (tertiary alicyclic amines) is 1. The highest BCUT2D eigenvalue weighted by Crippen LogP contribution is 2.40. The number of hydrogen-bond donors (Lipinski definition) is 1. The predicted molar refractivity (Wildman–Crippen MR) is 120 cm³/mol. The molecule has 6 nitrogen and oxygen atoms in total. The summed E-state index contributed by atoms with van der Waals surface area (Å²) in [5, 5.41) is 9.69. The average Bonchev–Trinajstić information content (AvgIpc) is 3.04. The van der Waals surface area contributed by atoms with Gasteiger partial charge < -0.3 is 14.7 Å². The minimum atomic E-state index is -0.348. The molecule has 1 unspecified atom stereocenters. The first kappa shape index (κ1) is 21.1. The summed E-state index contributed by atoms with van der Waals surface area (Å²) in [6.07, 6.45) is 1.78. The second-order valence-corrected chi connectivity index (χ2v) is 8.35. The van der Waals surface area contributed by atoms with E-state index in [0.717, 1.165) is 29.5 Å². The molecule has 0 radical (unpaired) electrons. The molecule has 31 heavy (non-hydrogen) atoms. The van der Waals surface area contributed by atoms with Gasteiger partial charge in [0.05, 0.1) is 18.4 Å². The van der Waals surface area contributed by atoms with E-state index in [9.17, 15) is 14.7 Å². The van der Waals surface area contributed by atoms with Crippen molar-refractivity contribution in [1.29, 1.82) is 0 Å². The van der Waals surface area contributed by atoms with Gasteiger partial charge in [-0.25, -0.2) is 4.90 Å². The van der Waals surface area contributed by atoms with Crippen LogP contribution in [-0.2, 0) is 9.59 Å². The summed E-state index contributed by atoms with van der Waals surface area (Å²) in [6, 6.07) is 13.1. The first-order valence-electron chi connectivity index (χ1n) is 10.6. The molecule has 0 saturated carbocycles. The van der Waals surface area contributed by atoms with Crippen LogP contribution in [0.2, 0.25) is 0 Å². The number of carbonyl (C=O) groups is 2. The molecule has 2 aliphatic heterocycles. The molecule has 2 aliphatic rings. The lowest BCUT2D eigenvalue weighted by Gasteiger charge is -2.34. The second kappa shape index (κ2) is 8.55. The van der Waals surface area contributed by atoms with Crippen molar-refractivity contribution < 1.29 is 19.4 Å². The molecule has 2 amide bonds. The Bertz CT molecular complexity index is 1040. The number of benzene rings is 2. The number of hydrogen-bond acceptors (Lipinski definition) is 5. The van der Waals surface area contributed by atoms with Crippen LogP contribution in [0, 0.1) is 19.8 Å². The van der Waals surface area contributed by atoms with Crippen LogP contribution in [0.15, 0.2) is 48.2 Å². The van der Waals surface area contributed by atoms with Gasteiger partial charge in [-0.05, 0) is 55.9 Å². The number of carbonyl (C=O) groups excluding carboxylic acids is 2. The number of aliphatic hydroxyl groups is 1. The first-order valence-corrected chi connectivity index (χ1v) is 10.6. The fraction of sp³-hybridized carbons (Fsp3) is 0.360. The lowest BCUT2D eigenvalue weighted by Crippen LogP contribution is -2.40. The molecule has 4 rings (SSSR count). The summed E-state index contributed by atoms with van der Waals surface area (Å²) in [5.41, 5.74) is 4.01. The van der Waals surface area contributed by atoms with Gasteiger partial charge in [0.15, 0.2) is 0 Å². The molecule has 1 saturated heterocycles. The number of anilines is 1. The summed E-state index contributed by atoms with van der Waals surface area (Å²) >= 11 is 0. The van der Waals surface area contributed by atoms with Crippen molar-refractivity contribution >= 4 is 23.1 Å². The number of amides is 2. The van der Waals surface area contributed by atoms with E-state index in [2.05, 4.69) is 0 Å². The summed E-state index contributed by atoms with van der Waals surface area (Å²) in [4.78, 5) is 30.6. The molecule has 2 aromatic rings. The van der Waals surface area contributed by atoms with Crippen LogP contribution < -0.4 is 9.64 Å². The molecule has 0 spiro atoms. The highest BCUT2D eigenvalue weighted by Gasteiger charge is 2.44. The third-order valence-electron chi connectivity index (χ3n) is 6.07. The molecule has 1 N–H and O–H groups in total. The topological polar surface area (TPSA) is 70.1 Å². The maximum atomic E-state index is 13.7. The summed E-state index contributed by atoms with van der Waals surface area (Å²) < 4.78 is 5.47. The summed E-state index contributed by atoms with van der Waals surface area (Å²) in [7, 11) is 1.53. The summed E-state index contributed by atoms with van der Waals surface area (Å²) in [5.74, 6) is -0.128. The normalized spacial score (nSPS) is 19.4. The second-order valence-electron chi connectivity index (χ2n) is 8.35. The number of piperidine rings is 1. The van der Waals surface area contributed by atoms with Crippen molar-refractivity contribution in [3.63, 3.8) is 0 Å². The van der Waals surface area contributed by atoms with Gasteiger partial charge in [-0.2, -0.15) is 0 Å². The van der Waals surface area contributed by atoms with Crippen molar-refractivity contribution in [2.45, 2.75) is 26.7 Å². The monoisotopic (exact) mass is 420 g/mol. The van der Waals surface area contributed by atoms with E-state index >= 15 is 0 Å². The van der Waals surface area contributed by atoms with E-state index < -0.39 is 0 Å². The molecular weight excluding hydrogens is 392 g/mol. The van der Waals surface area contributed by atoms with Gasteiger partial charge >= 0.3 is 0 Å². The largest absolute Gasteiger partial charge is 0.495 e. The highest BCUT2D eigenvalue weighted by atomic mass is 16.5. The molecule has 1 fully saturated rings. The summed E-state index contributed by atoms with van der Waals surface area (Å²) in [6.45, 7) is 5.21. The van der Waals surface area contributed by atoms with Gasteiger partial charge in [0.1, 0.15) is 11.4 Å². The third kappa shape index (κ3) is 3.83. The van der Waals surface area contributed by atoms with E-state index in [1.807, 2.05) is 49.1 Å². The quantitative estimate of drug-likeness (QED) is 0.752. The van der Waals surface area contributed by atoms with Crippen molar-refractivity contribution in [1.82, 2.24) is 4.90 Å². The predicted octanol–water partition coefficient (Wildman–Crippen LogP) is 3.30. The van der Waals surface area contributed by atoms with Crippen molar-refractivity contribution in [2.75, 3.05) is 31.7 Å². The Morgan fingerprint density at radius 3 is 2.42 bits per heavy atom. The molecule has 0 aliphatic carbocycles. The van der Waals surface area contributed by atoms with E-state index in [1.54, 1.807) is 12.1 Å². The molecule has 2 aromatic carbocycles. The fourth-order valence-electron chi connectivity index (χ4n) is 4.40. The zero-order chi connectivity index (χ0) is 22.1. The van der Waals surface area contributed by atoms with E-state index in [1.165, 1.54) is 12.0 Å². The van der Waals surface area contributed by atoms with Gasteiger partial charge in [-0.15, -0.1) is 0 Å². The maximum absolute atomic E-state index is 13.7. The molecule has 0 aromatic heterocycles. The number of ether oxygens (including phenoxy) is 1. The van der Waals surface area contributed by atoms with Crippen LogP contribution in [-0.4, -0.2) is 48.6 Å². The smallest absolute Gasteiger partial charge is 0.282 e. The third-order valence-corrected chi connectivity index (χ3v) is 6.07. The van der Waals surface area contributed by atoms with Crippen molar-refractivity contribution in [3.8, 4) is 5.75 Å². The maximum Gasteiger partial charge on any atom is 0.282 e. The van der Waals surface area contributed by atoms with Gasteiger partial charge in [0.2, 0.25) is 0 Å². The Labute approximate surface area is 182 Å². The molecule has 6 heteroatoms. The van der Waals surface area contributed by atoms with Crippen LogP contribution in [0.1, 0.15) is 29.5 Å². The van der Waals surface area contributed by atoms with Crippen LogP contribution in [0.4, 0.5) is 5.69 Å². The standard InChI is InChI=1S/C25H28N2O4/c1-16-6-9-19(10-7-16)22-23(26-12-4-5-18(14-26)15-28)25(30)27(24(22)29)20-13-17(2)8-11-21(20)31-3/h6-11,13,18,28H,4-5,12,14-15H2,1-3H3. The SMILES string of the molecule is COc1ccc(C)cc1N1C(=O)C(c2ccc(C)cc2)=C(N2CCCC(CO)C2)C1=O. The number of nitrogens with zero attached hydrogens (tertiary/aromatic N) is 2. The molecule has 162 valence electrons. The van der Waals surface area contributed by atoms with Crippen LogP contribution in [0.3, 0.4) is 0 Å². The zero-order valence-corrected chi connectivity index (χ0v) is 18.2. The lowest BCUT2D eigenvalue weighted by molar-refractivity contribution is -0.120. The Morgan fingerprint density at radius 2 is 1.74 bits per heavy atom. The number of imide groups is 1. The van der Waals surface area contributed by atoms with Gasteiger partial charge in [-0.3, -0.25) is 9.59 Å². The average molecular weight is 421 g/mol. The number of rotatable bonds is 5.